The summed E-state index contributed by atoms with van der Waals surface area (Å²) in [6, 6.07) is 10.5. The molecule has 1 saturated heterocycles. The Kier molecular flexibility index (Phi) is 6.69. The number of piperidine rings is 1. The van der Waals surface area contributed by atoms with Crippen LogP contribution in [0.2, 0.25) is 0 Å². The average Bonchev–Trinajstić information content (AvgIpc) is 3.09. The summed E-state index contributed by atoms with van der Waals surface area (Å²) in [5.41, 5.74) is 4.77. The third kappa shape index (κ3) is 4.99. The first-order chi connectivity index (χ1) is 13.1. The molecular weight excluding hydrogens is 358 g/mol. The fourth-order valence-electron chi connectivity index (χ4n) is 3.55. The monoisotopic (exact) mass is 385 g/mol. The molecule has 4 nitrogen and oxygen atoms in total. The molecule has 27 heavy (non-hydrogen) atoms. The molecule has 2 heterocycles. The first-order valence-electron chi connectivity index (χ1n) is 9.43. The standard InChI is InChI=1S/C22H27NO3S/c1-16-6-3-4-8-19(16)20(21-17(2)9-13-27-21)15-26-12-11-23-10-5-7-18(14-23)22(24)25/h3-4,6,8-9,13,15,18H,5,7,10-12,14H2,1-2H3,(H,24,25)/b20-15+/t18-/m1/s1. The Balaban J connectivity index is 1.67. The number of nitrogens with zero attached hydrogens (tertiary/aromatic N) is 1. The Bertz CT molecular complexity index is 811. The van der Waals surface area contributed by atoms with E-state index in [1.54, 1.807) is 11.3 Å². The number of hydrogen-bond donors (Lipinski definition) is 1. The highest BCUT2D eigenvalue weighted by Gasteiger charge is 2.24. The summed E-state index contributed by atoms with van der Waals surface area (Å²) < 4.78 is 5.94. The van der Waals surface area contributed by atoms with Crippen LogP contribution in [0.15, 0.2) is 42.0 Å². The fourth-order valence-corrected chi connectivity index (χ4v) is 4.49. The van der Waals surface area contributed by atoms with Gasteiger partial charge in [0.1, 0.15) is 6.61 Å². The zero-order valence-corrected chi connectivity index (χ0v) is 16.8. The molecule has 0 saturated carbocycles. The average molecular weight is 386 g/mol. The van der Waals surface area contributed by atoms with Crippen molar-refractivity contribution in [2.45, 2.75) is 26.7 Å². The van der Waals surface area contributed by atoms with E-state index in [1.165, 1.54) is 21.6 Å². The molecule has 0 spiro atoms. The summed E-state index contributed by atoms with van der Waals surface area (Å²) >= 11 is 1.73. The maximum absolute atomic E-state index is 11.2. The minimum absolute atomic E-state index is 0.245. The van der Waals surface area contributed by atoms with Gasteiger partial charge in [0, 0.05) is 23.5 Å². The van der Waals surface area contributed by atoms with Crippen molar-refractivity contribution in [2.24, 2.45) is 5.92 Å². The first kappa shape index (κ1) is 19.6. The lowest BCUT2D eigenvalue weighted by molar-refractivity contribution is -0.143. The SMILES string of the molecule is Cc1ccccc1/C(=C\OCCN1CCC[C@@H](C(=O)O)C1)c1sccc1C. The molecule has 0 amide bonds. The van der Waals surface area contributed by atoms with Crippen LogP contribution in [-0.4, -0.2) is 42.2 Å². The second kappa shape index (κ2) is 9.20. The zero-order chi connectivity index (χ0) is 19.2. The van der Waals surface area contributed by atoms with E-state index in [1.807, 2.05) is 12.3 Å². The van der Waals surface area contributed by atoms with Gasteiger partial charge in [0.2, 0.25) is 0 Å². The fraction of sp³-hybridized carbons (Fsp3) is 0.409. The van der Waals surface area contributed by atoms with Gasteiger partial charge >= 0.3 is 5.97 Å². The molecule has 1 N–H and O–H groups in total. The third-order valence-electron chi connectivity index (χ3n) is 5.12. The summed E-state index contributed by atoms with van der Waals surface area (Å²) in [4.78, 5) is 14.6. The molecule has 0 aliphatic carbocycles. The van der Waals surface area contributed by atoms with Gasteiger partial charge in [-0.15, -0.1) is 11.3 Å². The highest BCUT2D eigenvalue weighted by atomic mass is 32.1. The molecule has 1 atom stereocenters. The molecule has 0 bridgehead atoms. The van der Waals surface area contributed by atoms with Gasteiger partial charge in [0.05, 0.1) is 12.2 Å². The number of carboxylic acids is 1. The van der Waals surface area contributed by atoms with E-state index in [4.69, 9.17) is 4.74 Å². The quantitative estimate of drug-likeness (QED) is 0.560. The minimum atomic E-state index is -0.685. The number of rotatable bonds is 7. The zero-order valence-electron chi connectivity index (χ0n) is 16.0. The molecule has 1 aliphatic rings. The molecule has 5 heteroatoms. The Morgan fingerprint density at radius 3 is 2.81 bits per heavy atom. The molecule has 0 unspecified atom stereocenters. The van der Waals surface area contributed by atoms with E-state index in [2.05, 4.69) is 48.4 Å². The van der Waals surface area contributed by atoms with Gasteiger partial charge in [-0.25, -0.2) is 0 Å². The van der Waals surface area contributed by atoms with Crippen LogP contribution in [-0.2, 0) is 9.53 Å². The molecule has 1 aromatic carbocycles. The van der Waals surface area contributed by atoms with Crippen LogP contribution in [0.5, 0.6) is 0 Å². The van der Waals surface area contributed by atoms with Crippen LogP contribution in [0.1, 0.15) is 34.4 Å². The second-order valence-electron chi connectivity index (χ2n) is 7.13. The van der Waals surface area contributed by atoms with E-state index in [0.29, 0.717) is 13.2 Å². The number of benzene rings is 1. The van der Waals surface area contributed by atoms with E-state index in [0.717, 1.165) is 31.5 Å². The summed E-state index contributed by atoms with van der Waals surface area (Å²) in [7, 11) is 0. The smallest absolute Gasteiger partial charge is 0.307 e. The predicted molar refractivity (Wildman–Crippen MR) is 110 cm³/mol. The van der Waals surface area contributed by atoms with Crippen molar-refractivity contribution in [1.29, 1.82) is 0 Å². The summed E-state index contributed by atoms with van der Waals surface area (Å²) in [5.74, 6) is -0.930. The van der Waals surface area contributed by atoms with E-state index in [9.17, 15) is 9.90 Å². The van der Waals surface area contributed by atoms with E-state index in [-0.39, 0.29) is 5.92 Å². The van der Waals surface area contributed by atoms with Crippen LogP contribution in [0.4, 0.5) is 0 Å². The maximum Gasteiger partial charge on any atom is 0.307 e. The van der Waals surface area contributed by atoms with Gasteiger partial charge in [0.25, 0.3) is 0 Å². The first-order valence-corrected chi connectivity index (χ1v) is 10.3. The number of hydrogen-bond acceptors (Lipinski definition) is 4. The maximum atomic E-state index is 11.2. The van der Waals surface area contributed by atoms with Gasteiger partial charge in [-0.2, -0.15) is 0 Å². The topological polar surface area (TPSA) is 49.8 Å². The highest BCUT2D eigenvalue weighted by molar-refractivity contribution is 7.11. The van der Waals surface area contributed by atoms with Gasteiger partial charge in [0.15, 0.2) is 0 Å². The predicted octanol–water partition coefficient (Wildman–Crippen LogP) is 4.57. The number of aliphatic carboxylic acids is 1. The Morgan fingerprint density at radius 1 is 1.30 bits per heavy atom. The molecule has 1 aliphatic heterocycles. The number of aryl methyl sites for hydroxylation is 2. The molecule has 144 valence electrons. The van der Waals surface area contributed by atoms with Gasteiger partial charge < -0.3 is 9.84 Å². The number of carboxylic acid groups (broad SMARTS) is 1. The Morgan fingerprint density at radius 2 is 2.11 bits per heavy atom. The Labute approximate surface area is 165 Å². The number of ether oxygens (including phenoxy) is 1. The Hall–Kier alpha value is -2.11. The van der Waals surface area contributed by atoms with Crippen LogP contribution in [0, 0.1) is 19.8 Å². The number of likely N-dealkylation sites (tertiary alicyclic amines) is 1. The minimum Gasteiger partial charge on any atom is -0.499 e. The molecule has 3 rings (SSSR count). The highest BCUT2D eigenvalue weighted by Crippen LogP contribution is 2.32. The van der Waals surface area contributed by atoms with Crippen molar-refractivity contribution in [3.63, 3.8) is 0 Å². The summed E-state index contributed by atoms with van der Waals surface area (Å²) in [6.07, 6.45) is 3.59. The lowest BCUT2D eigenvalue weighted by atomic mass is 9.98. The lowest BCUT2D eigenvalue weighted by Gasteiger charge is -2.30. The van der Waals surface area contributed by atoms with Crippen molar-refractivity contribution < 1.29 is 14.6 Å². The van der Waals surface area contributed by atoms with Crippen LogP contribution < -0.4 is 0 Å². The molecular formula is C22H27NO3S. The molecule has 1 fully saturated rings. The molecule has 1 aromatic heterocycles. The van der Waals surface area contributed by atoms with Gasteiger partial charge in [-0.05, 0) is 61.4 Å². The van der Waals surface area contributed by atoms with Crippen molar-refractivity contribution >= 4 is 22.9 Å². The van der Waals surface area contributed by atoms with Crippen LogP contribution in [0.3, 0.4) is 0 Å². The third-order valence-corrected chi connectivity index (χ3v) is 6.17. The largest absolute Gasteiger partial charge is 0.499 e. The van der Waals surface area contributed by atoms with Gasteiger partial charge in [-0.3, -0.25) is 9.69 Å². The van der Waals surface area contributed by atoms with Gasteiger partial charge in [-0.1, -0.05) is 24.3 Å². The van der Waals surface area contributed by atoms with E-state index >= 15 is 0 Å². The normalized spacial score (nSPS) is 18.4. The molecule has 0 radical (unpaired) electrons. The number of carbonyl (C=O) groups is 1. The van der Waals surface area contributed by atoms with Crippen molar-refractivity contribution in [1.82, 2.24) is 4.90 Å². The second-order valence-corrected chi connectivity index (χ2v) is 8.04. The molecule has 2 aromatic rings. The van der Waals surface area contributed by atoms with Crippen molar-refractivity contribution in [2.75, 3.05) is 26.2 Å². The lowest BCUT2D eigenvalue weighted by Crippen LogP contribution is -2.40. The summed E-state index contributed by atoms with van der Waals surface area (Å²) in [5, 5.41) is 11.3. The van der Waals surface area contributed by atoms with Crippen molar-refractivity contribution in [3.8, 4) is 0 Å². The van der Waals surface area contributed by atoms with E-state index < -0.39 is 5.97 Å². The van der Waals surface area contributed by atoms with Crippen LogP contribution >= 0.6 is 11.3 Å². The van der Waals surface area contributed by atoms with Crippen LogP contribution in [0.25, 0.3) is 5.57 Å². The number of thiophene rings is 1. The van der Waals surface area contributed by atoms with Crippen molar-refractivity contribution in [3.05, 3.63) is 63.5 Å². The summed E-state index contributed by atoms with van der Waals surface area (Å²) in [6.45, 7) is 7.13.